The van der Waals surface area contributed by atoms with Gasteiger partial charge >= 0.3 is 0 Å². The summed E-state index contributed by atoms with van der Waals surface area (Å²) in [7, 11) is 0. The van der Waals surface area contributed by atoms with E-state index in [9.17, 15) is 0 Å². The molecule has 0 atom stereocenters. The molecule has 0 amide bonds. The molecule has 0 radical (unpaired) electrons. The fourth-order valence-corrected chi connectivity index (χ4v) is 8.47. The normalized spacial score (nSPS) is 11.8. The van der Waals surface area contributed by atoms with Crippen LogP contribution < -0.4 is 0 Å². The zero-order valence-electron chi connectivity index (χ0n) is 24.9. The van der Waals surface area contributed by atoms with Crippen LogP contribution in [-0.4, -0.2) is 4.57 Å². The summed E-state index contributed by atoms with van der Waals surface area (Å²) in [4.78, 5) is 0. The largest absolute Gasteiger partial charge is 0.309 e. The standard InChI is InChI=1S/C40H23NS.C3H6/c1-2-9-26(10-3-1)41-35-16-7-6-13-29(35)32-21-24(17-19-36(32)41)25-18-20-37-34(22-25)40-31-15-8-14-30-27-11-4-5-12-28(27)33(39(30)31)23-38(40)42-37;1-3-2/h1-23H;3H,1H2,2H3. The Kier molecular flexibility index (Phi) is 5.81. The number of fused-ring (bicyclic) bond motifs is 10. The topological polar surface area (TPSA) is 4.93 Å². The molecule has 0 aliphatic heterocycles. The lowest BCUT2D eigenvalue weighted by molar-refractivity contribution is 1.18. The van der Waals surface area contributed by atoms with Crippen molar-refractivity contribution in [2.45, 2.75) is 6.92 Å². The van der Waals surface area contributed by atoms with Gasteiger partial charge in [-0.3, -0.25) is 0 Å². The molecule has 0 spiro atoms. The van der Waals surface area contributed by atoms with Crippen LogP contribution in [-0.2, 0) is 0 Å². The molecule has 2 heteroatoms. The van der Waals surface area contributed by atoms with Crippen LogP contribution in [0.15, 0.2) is 152 Å². The van der Waals surface area contributed by atoms with Gasteiger partial charge in [0.25, 0.3) is 0 Å². The summed E-state index contributed by atoms with van der Waals surface area (Å²) < 4.78 is 5.08. The molecule has 0 fully saturated rings. The van der Waals surface area contributed by atoms with Crippen LogP contribution in [0.4, 0.5) is 0 Å². The first-order valence-corrected chi connectivity index (χ1v) is 16.2. The highest BCUT2D eigenvalue weighted by molar-refractivity contribution is 7.26. The van der Waals surface area contributed by atoms with E-state index in [4.69, 9.17) is 0 Å². The van der Waals surface area contributed by atoms with Crippen molar-refractivity contribution in [3.05, 3.63) is 152 Å². The Morgan fingerprint density at radius 1 is 0.489 bits per heavy atom. The Morgan fingerprint density at radius 3 is 1.93 bits per heavy atom. The lowest BCUT2D eigenvalue weighted by atomic mass is 9.96. The predicted molar refractivity (Wildman–Crippen MR) is 197 cm³/mol. The second-order valence-corrected chi connectivity index (χ2v) is 12.8. The molecule has 10 rings (SSSR count). The van der Waals surface area contributed by atoms with E-state index in [2.05, 4.69) is 151 Å². The lowest BCUT2D eigenvalue weighted by Gasteiger charge is -2.08. The van der Waals surface area contributed by atoms with Gasteiger partial charge < -0.3 is 4.57 Å². The summed E-state index contributed by atoms with van der Waals surface area (Å²) in [5.41, 5.74) is 11.6. The fourth-order valence-electron chi connectivity index (χ4n) is 7.33. The van der Waals surface area contributed by atoms with Gasteiger partial charge in [-0.2, -0.15) is 0 Å². The lowest BCUT2D eigenvalue weighted by Crippen LogP contribution is -1.92. The number of hydrogen-bond donors (Lipinski definition) is 0. The molecule has 0 saturated heterocycles. The molecule has 2 aromatic heterocycles. The zero-order chi connectivity index (χ0) is 30.1. The summed E-state index contributed by atoms with van der Waals surface area (Å²) >= 11 is 1.91. The maximum Gasteiger partial charge on any atom is 0.0541 e. The molecule has 45 heavy (non-hydrogen) atoms. The summed E-state index contributed by atoms with van der Waals surface area (Å²) in [6, 6.07) is 51.5. The fraction of sp³-hybridized carbons (Fsp3) is 0.0233. The Hall–Kier alpha value is -5.44. The van der Waals surface area contributed by atoms with E-state index in [-0.39, 0.29) is 0 Å². The van der Waals surface area contributed by atoms with Gasteiger partial charge in [-0.15, -0.1) is 17.9 Å². The number of benzene rings is 7. The quantitative estimate of drug-likeness (QED) is 0.176. The maximum absolute atomic E-state index is 3.36. The van der Waals surface area contributed by atoms with E-state index in [1.54, 1.807) is 6.08 Å². The average Bonchev–Trinajstić information content (AvgIpc) is 3.74. The van der Waals surface area contributed by atoms with Crippen LogP contribution in [0.1, 0.15) is 6.92 Å². The van der Waals surface area contributed by atoms with Crippen molar-refractivity contribution >= 4 is 64.1 Å². The minimum Gasteiger partial charge on any atom is -0.309 e. The van der Waals surface area contributed by atoms with Gasteiger partial charge in [-0.05, 0) is 99.6 Å². The van der Waals surface area contributed by atoms with E-state index in [0.717, 1.165) is 0 Å². The number of thiophene rings is 1. The predicted octanol–water partition coefficient (Wildman–Crippen LogP) is 12.8. The second kappa shape index (κ2) is 10.1. The molecular formula is C43H29NS. The van der Waals surface area contributed by atoms with Crippen LogP contribution in [0.2, 0.25) is 0 Å². The smallest absolute Gasteiger partial charge is 0.0541 e. The van der Waals surface area contributed by atoms with E-state index in [1.807, 2.05) is 18.3 Å². The molecule has 1 aliphatic carbocycles. The Bertz CT molecular complexity index is 2620. The molecular weight excluding hydrogens is 563 g/mol. The molecule has 212 valence electrons. The monoisotopic (exact) mass is 591 g/mol. The molecule has 1 nitrogen and oxygen atoms in total. The summed E-state index contributed by atoms with van der Waals surface area (Å²) in [6.07, 6.45) is 1.75. The van der Waals surface area contributed by atoms with Crippen LogP contribution in [0.3, 0.4) is 0 Å². The first-order chi connectivity index (χ1) is 22.2. The summed E-state index contributed by atoms with van der Waals surface area (Å²) in [5, 5.41) is 8.05. The molecule has 0 bridgehead atoms. The Labute approximate surface area is 265 Å². The van der Waals surface area contributed by atoms with Crippen LogP contribution in [0.5, 0.6) is 0 Å². The highest BCUT2D eigenvalue weighted by atomic mass is 32.1. The zero-order valence-corrected chi connectivity index (χ0v) is 25.7. The molecule has 0 unspecified atom stereocenters. The SMILES string of the molecule is C=CC.c1ccc(-n2c3ccccc3c3cc(-c4ccc5sc6cc7c8c(cccc8c6c5c4)-c4ccccc4-7)ccc32)cc1. The van der Waals surface area contributed by atoms with Gasteiger partial charge in [0, 0.05) is 36.6 Å². The van der Waals surface area contributed by atoms with Gasteiger partial charge in [0.15, 0.2) is 0 Å². The molecule has 0 N–H and O–H groups in total. The Balaban J connectivity index is 0.000000904. The van der Waals surface area contributed by atoms with Gasteiger partial charge in [0.05, 0.1) is 11.0 Å². The van der Waals surface area contributed by atoms with Crippen LogP contribution in [0, 0.1) is 0 Å². The third kappa shape index (κ3) is 3.79. The van der Waals surface area contributed by atoms with Crippen LogP contribution >= 0.6 is 11.3 Å². The van der Waals surface area contributed by atoms with Crippen molar-refractivity contribution in [3.8, 4) is 39.1 Å². The molecule has 7 aromatic carbocycles. The molecule has 0 saturated carbocycles. The van der Waals surface area contributed by atoms with Gasteiger partial charge in [-0.1, -0.05) is 97.1 Å². The van der Waals surface area contributed by atoms with Crippen molar-refractivity contribution < 1.29 is 0 Å². The first kappa shape index (κ1) is 26.0. The van der Waals surface area contributed by atoms with E-state index in [1.165, 1.54) is 91.8 Å². The number of nitrogens with zero attached hydrogens (tertiary/aromatic N) is 1. The van der Waals surface area contributed by atoms with E-state index in [0.29, 0.717) is 0 Å². The van der Waals surface area contributed by atoms with E-state index >= 15 is 0 Å². The van der Waals surface area contributed by atoms with Crippen molar-refractivity contribution in [2.24, 2.45) is 0 Å². The highest BCUT2D eigenvalue weighted by Gasteiger charge is 2.24. The number of aromatic nitrogens is 1. The van der Waals surface area contributed by atoms with Crippen LogP contribution in [0.25, 0.3) is 91.8 Å². The van der Waals surface area contributed by atoms with Gasteiger partial charge in [0.1, 0.15) is 0 Å². The van der Waals surface area contributed by atoms with Crippen molar-refractivity contribution in [2.75, 3.05) is 0 Å². The number of para-hydroxylation sites is 2. The molecule has 2 heterocycles. The second-order valence-electron chi connectivity index (χ2n) is 11.7. The van der Waals surface area contributed by atoms with Crippen molar-refractivity contribution in [1.82, 2.24) is 4.57 Å². The van der Waals surface area contributed by atoms with E-state index < -0.39 is 0 Å². The number of hydrogen-bond acceptors (Lipinski definition) is 1. The third-order valence-electron chi connectivity index (χ3n) is 9.12. The molecule has 9 aromatic rings. The Morgan fingerprint density at radius 2 is 1.11 bits per heavy atom. The van der Waals surface area contributed by atoms with Crippen molar-refractivity contribution in [3.63, 3.8) is 0 Å². The maximum atomic E-state index is 3.36. The van der Waals surface area contributed by atoms with Gasteiger partial charge in [0.2, 0.25) is 0 Å². The summed E-state index contributed by atoms with van der Waals surface area (Å²) in [5.74, 6) is 0. The summed E-state index contributed by atoms with van der Waals surface area (Å²) in [6.45, 7) is 5.25. The van der Waals surface area contributed by atoms with Gasteiger partial charge in [-0.25, -0.2) is 0 Å². The minimum absolute atomic E-state index is 1.19. The first-order valence-electron chi connectivity index (χ1n) is 15.4. The molecule has 1 aliphatic rings. The minimum atomic E-state index is 1.19. The number of rotatable bonds is 2. The number of allylic oxidation sites excluding steroid dienone is 1. The highest BCUT2D eigenvalue weighted by Crippen LogP contribution is 2.52. The average molecular weight is 592 g/mol. The van der Waals surface area contributed by atoms with Crippen molar-refractivity contribution in [1.29, 1.82) is 0 Å². The third-order valence-corrected chi connectivity index (χ3v) is 10.2.